The number of aromatic nitrogens is 1. The molecule has 2 nitrogen and oxygen atoms in total. The van der Waals surface area contributed by atoms with Crippen molar-refractivity contribution in [2.75, 3.05) is 0 Å². The van der Waals surface area contributed by atoms with Crippen LogP contribution in [0.2, 0.25) is 0 Å². The minimum atomic E-state index is -3.06. The molecular formula is C40H26NOP. The molecule has 1 aliphatic heterocycles. The SMILES string of the molecule is O=P1(c2ccccc2)c2ccccc2-c2c1ccc1c3ccccc3n(-c3ccc4c5c6c(ccc35)C=CCC6=CC4)c21. The molecule has 202 valence electrons. The molecule has 7 aromatic rings. The van der Waals surface area contributed by atoms with Gasteiger partial charge in [-0.1, -0.05) is 115 Å². The van der Waals surface area contributed by atoms with E-state index in [1.165, 1.54) is 55.0 Å². The van der Waals surface area contributed by atoms with Gasteiger partial charge in [-0.25, -0.2) is 0 Å². The predicted molar refractivity (Wildman–Crippen MR) is 182 cm³/mol. The summed E-state index contributed by atoms with van der Waals surface area (Å²) in [5.74, 6) is 0. The van der Waals surface area contributed by atoms with Crippen molar-refractivity contribution >= 4 is 67.3 Å². The highest BCUT2D eigenvalue weighted by molar-refractivity contribution is 7.86. The van der Waals surface area contributed by atoms with Gasteiger partial charge in [0.05, 0.1) is 16.7 Å². The Balaban J connectivity index is 1.39. The summed E-state index contributed by atoms with van der Waals surface area (Å²) < 4.78 is 17.9. The van der Waals surface area contributed by atoms with E-state index in [1.807, 2.05) is 36.4 Å². The molecule has 10 rings (SSSR count). The van der Waals surface area contributed by atoms with E-state index in [0.717, 1.165) is 45.4 Å². The summed E-state index contributed by atoms with van der Waals surface area (Å²) in [4.78, 5) is 0. The highest BCUT2D eigenvalue weighted by atomic mass is 31.2. The lowest BCUT2D eigenvalue weighted by Crippen LogP contribution is -2.20. The first-order valence-electron chi connectivity index (χ1n) is 15.0. The minimum absolute atomic E-state index is 0.888. The largest absolute Gasteiger partial charge is 0.309 e. The van der Waals surface area contributed by atoms with E-state index in [0.29, 0.717) is 0 Å². The van der Waals surface area contributed by atoms with E-state index in [9.17, 15) is 0 Å². The highest BCUT2D eigenvalue weighted by Gasteiger charge is 2.42. The monoisotopic (exact) mass is 567 g/mol. The minimum Gasteiger partial charge on any atom is -0.309 e. The summed E-state index contributed by atoms with van der Waals surface area (Å²) in [5, 5.41) is 7.82. The molecule has 0 radical (unpaired) electrons. The second kappa shape index (κ2) is 8.34. The summed E-state index contributed by atoms with van der Waals surface area (Å²) in [6, 6.07) is 40.7. The Morgan fingerprint density at radius 2 is 1.44 bits per heavy atom. The van der Waals surface area contributed by atoms with Crippen LogP contribution < -0.4 is 15.9 Å². The van der Waals surface area contributed by atoms with Gasteiger partial charge in [0.2, 0.25) is 0 Å². The predicted octanol–water partition coefficient (Wildman–Crippen LogP) is 8.91. The van der Waals surface area contributed by atoms with Crippen molar-refractivity contribution in [2.24, 2.45) is 0 Å². The van der Waals surface area contributed by atoms with Gasteiger partial charge in [-0.3, -0.25) is 0 Å². The van der Waals surface area contributed by atoms with Gasteiger partial charge in [-0.05, 0) is 64.3 Å². The second-order valence-electron chi connectivity index (χ2n) is 11.9. The molecule has 6 aromatic carbocycles. The maximum absolute atomic E-state index is 15.4. The fraction of sp³-hybridized carbons (Fsp3) is 0.0500. The first-order chi connectivity index (χ1) is 21.2. The molecule has 0 saturated carbocycles. The standard InChI is InChI=1S/C40H26NOP/c42-43(28-11-2-1-3-12-28)35-16-7-5-14-32(35)39-36(43)24-22-30-29-13-4-6-15-33(29)41(40(30)39)34-23-20-27-18-17-25-9-8-10-26-19-21-31(34)38(27)37(25)26/h1-8,10-17,19-24H,9,18H2. The van der Waals surface area contributed by atoms with Gasteiger partial charge >= 0.3 is 0 Å². The average Bonchev–Trinajstić information content (AvgIpc) is 3.54. The van der Waals surface area contributed by atoms with Crippen molar-refractivity contribution in [3.05, 3.63) is 144 Å². The van der Waals surface area contributed by atoms with Crippen molar-refractivity contribution in [3.8, 4) is 16.8 Å². The van der Waals surface area contributed by atoms with Gasteiger partial charge in [0.15, 0.2) is 7.14 Å². The number of fused-ring (bicyclic) bond motifs is 7. The summed E-state index contributed by atoms with van der Waals surface area (Å²) in [6.45, 7) is 0. The first kappa shape index (κ1) is 23.6. The lowest BCUT2D eigenvalue weighted by atomic mass is 9.81. The molecule has 0 saturated heterocycles. The lowest BCUT2D eigenvalue weighted by molar-refractivity contribution is 0.593. The van der Waals surface area contributed by atoms with Crippen LogP contribution in [0.5, 0.6) is 0 Å². The van der Waals surface area contributed by atoms with Crippen LogP contribution in [0, 0.1) is 0 Å². The topological polar surface area (TPSA) is 22.0 Å². The molecule has 1 unspecified atom stereocenters. The Bertz CT molecular complexity index is 2480. The average molecular weight is 568 g/mol. The van der Waals surface area contributed by atoms with Crippen LogP contribution in [0.3, 0.4) is 0 Å². The van der Waals surface area contributed by atoms with Crippen LogP contribution in [0.15, 0.2) is 127 Å². The maximum Gasteiger partial charge on any atom is 0.172 e. The third kappa shape index (κ3) is 2.92. The molecule has 2 heterocycles. The van der Waals surface area contributed by atoms with Gasteiger partial charge in [0, 0.05) is 37.6 Å². The number of hydrogen-bond donors (Lipinski definition) is 0. The number of nitrogens with zero attached hydrogens (tertiary/aromatic N) is 1. The van der Waals surface area contributed by atoms with Crippen LogP contribution in [0.1, 0.15) is 23.1 Å². The molecule has 0 bridgehead atoms. The van der Waals surface area contributed by atoms with E-state index < -0.39 is 7.14 Å². The molecule has 3 aliphatic rings. The zero-order chi connectivity index (χ0) is 28.3. The van der Waals surface area contributed by atoms with Crippen LogP contribution in [-0.2, 0) is 11.0 Å². The van der Waals surface area contributed by atoms with Crippen molar-refractivity contribution < 1.29 is 4.57 Å². The molecule has 0 fully saturated rings. The van der Waals surface area contributed by atoms with Gasteiger partial charge in [0.25, 0.3) is 0 Å². The summed E-state index contributed by atoms with van der Waals surface area (Å²) in [7, 11) is -3.06. The van der Waals surface area contributed by atoms with Crippen LogP contribution >= 0.6 is 7.14 Å². The fourth-order valence-electron chi connectivity index (χ4n) is 8.03. The molecule has 2 aliphatic carbocycles. The molecule has 0 amide bonds. The molecule has 3 heteroatoms. The Morgan fingerprint density at radius 1 is 0.628 bits per heavy atom. The molecule has 43 heavy (non-hydrogen) atoms. The molecule has 1 atom stereocenters. The van der Waals surface area contributed by atoms with Gasteiger partial charge in [0.1, 0.15) is 0 Å². The van der Waals surface area contributed by atoms with Crippen molar-refractivity contribution in [1.29, 1.82) is 0 Å². The molecule has 1 aromatic heterocycles. The Labute approximate surface area is 249 Å². The number of para-hydroxylation sites is 1. The smallest absolute Gasteiger partial charge is 0.172 e. The van der Waals surface area contributed by atoms with E-state index in [-0.39, 0.29) is 0 Å². The van der Waals surface area contributed by atoms with E-state index in [2.05, 4.69) is 102 Å². The molecule has 0 N–H and O–H groups in total. The van der Waals surface area contributed by atoms with E-state index in [1.54, 1.807) is 0 Å². The number of rotatable bonds is 2. The zero-order valence-electron chi connectivity index (χ0n) is 23.4. The third-order valence-electron chi connectivity index (χ3n) is 9.83. The second-order valence-corrected chi connectivity index (χ2v) is 14.6. The lowest BCUT2D eigenvalue weighted by Gasteiger charge is -2.25. The van der Waals surface area contributed by atoms with Gasteiger partial charge in [-0.2, -0.15) is 0 Å². The molecule has 0 spiro atoms. The summed E-state index contributed by atoms with van der Waals surface area (Å²) in [6.07, 6.45) is 8.93. The van der Waals surface area contributed by atoms with Crippen LogP contribution in [-0.4, -0.2) is 4.57 Å². The summed E-state index contributed by atoms with van der Waals surface area (Å²) >= 11 is 0. The Kier molecular flexibility index (Phi) is 4.59. The maximum atomic E-state index is 15.4. The number of hydrogen-bond acceptors (Lipinski definition) is 1. The summed E-state index contributed by atoms with van der Waals surface area (Å²) in [5.41, 5.74) is 11.2. The number of benzene rings is 6. The zero-order valence-corrected chi connectivity index (χ0v) is 24.3. The van der Waals surface area contributed by atoms with Gasteiger partial charge in [-0.15, -0.1) is 0 Å². The van der Waals surface area contributed by atoms with Crippen molar-refractivity contribution in [3.63, 3.8) is 0 Å². The number of allylic oxidation sites excluding steroid dienone is 3. The first-order valence-corrected chi connectivity index (χ1v) is 16.7. The highest BCUT2D eigenvalue weighted by Crippen LogP contribution is 2.55. The molecular weight excluding hydrogens is 541 g/mol. The quantitative estimate of drug-likeness (QED) is 0.191. The van der Waals surface area contributed by atoms with E-state index in [4.69, 9.17) is 0 Å². The normalized spacial score (nSPS) is 17.8. The Hall–Kier alpha value is -4.91. The van der Waals surface area contributed by atoms with Crippen LogP contribution in [0.4, 0.5) is 0 Å². The third-order valence-corrected chi connectivity index (χ3v) is 13.0. The van der Waals surface area contributed by atoms with Crippen molar-refractivity contribution in [2.45, 2.75) is 12.8 Å². The van der Waals surface area contributed by atoms with Crippen LogP contribution in [0.25, 0.3) is 61.0 Å². The van der Waals surface area contributed by atoms with Gasteiger partial charge < -0.3 is 9.13 Å². The van der Waals surface area contributed by atoms with E-state index >= 15 is 4.57 Å². The Morgan fingerprint density at radius 3 is 2.37 bits per heavy atom. The van der Waals surface area contributed by atoms with Crippen molar-refractivity contribution in [1.82, 2.24) is 4.57 Å². The fourth-order valence-corrected chi connectivity index (χ4v) is 11.1.